The number of likely N-dealkylation sites (tertiary alicyclic amines) is 1. The molecule has 1 saturated heterocycles. The molecule has 2 unspecified atom stereocenters. The van der Waals surface area contributed by atoms with Gasteiger partial charge in [0.15, 0.2) is 0 Å². The Labute approximate surface area is 141 Å². The number of aliphatic hydroxyl groups excluding tert-OH is 1. The lowest BCUT2D eigenvalue weighted by Crippen LogP contribution is -2.44. The van der Waals surface area contributed by atoms with Gasteiger partial charge < -0.3 is 10.0 Å². The molecule has 1 aliphatic rings. The van der Waals surface area contributed by atoms with Gasteiger partial charge in [-0.2, -0.15) is 0 Å². The predicted octanol–water partition coefficient (Wildman–Crippen LogP) is 3.29. The van der Waals surface area contributed by atoms with Gasteiger partial charge in [-0.25, -0.2) is 0 Å². The van der Waals surface area contributed by atoms with Crippen LogP contribution in [0, 0.1) is 18.8 Å². The average molecular weight is 333 g/mol. The quantitative estimate of drug-likeness (QED) is 0.918. The molecule has 0 saturated carbocycles. The van der Waals surface area contributed by atoms with Gasteiger partial charge in [0.2, 0.25) is 0 Å². The van der Waals surface area contributed by atoms with Crippen LogP contribution in [0.15, 0.2) is 24.3 Å². The third-order valence-corrected chi connectivity index (χ3v) is 4.64. The van der Waals surface area contributed by atoms with Crippen LogP contribution in [0.5, 0.6) is 0 Å². The Morgan fingerprint density at radius 1 is 1.39 bits per heavy atom. The molecule has 1 aliphatic heterocycles. The maximum absolute atomic E-state index is 13.0. The molecular weight excluding hydrogens is 312 g/mol. The summed E-state index contributed by atoms with van der Waals surface area (Å²) in [7, 11) is 0. The highest BCUT2D eigenvalue weighted by molar-refractivity contribution is 6.32. The molecule has 1 N–H and O–H groups in total. The molecule has 122 valence electrons. The zero-order valence-corrected chi connectivity index (χ0v) is 14.2. The van der Waals surface area contributed by atoms with Gasteiger partial charge in [-0.1, -0.05) is 24.6 Å². The number of fused-ring (bicyclic) bond motifs is 1. The molecule has 1 aromatic carbocycles. The van der Waals surface area contributed by atoms with Crippen LogP contribution in [-0.2, 0) is 0 Å². The number of hydrogen-bond acceptors (Lipinski definition) is 3. The highest BCUT2D eigenvalue weighted by Crippen LogP contribution is 2.27. The number of pyridine rings is 1. The summed E-state index contributed by atoms with van der Waals surface area (Å²) in [4.78, 5) is 19.4. The van der Waals surface area contributed by atoms with Gasteiger partial charge in [-0.15, -0.1) is 0 Å². The summed E-state index contributed by atoms with van der Waals surface area (Å²) in [5, 5.41) is 10.9. The molecule has 4 nitrogen and oxygen atoms in total. The van der Waals surface area contributed by atoms with E-state index in [9.17, 15) is 9.90 Å². The van der Waals surface area contributed by atoms with Crippen molar-refractivity contribution < 1.29 is 9.90 Å². The van der Waals surface area contributed by atoms with Crippen molar-refractivity contribution in [1.29, 1.82) is 0 Å². The number of benzene rings is 1. The number of nitrogens with zero attached hydrogens (tertiary/aromatic N) is 2. The number of halogens is 1. The number of rotatable bonds is 2. The number of carbonyl (C=O) groups excluding carboxylic acids is 1. The van der Waals surface area contributed by atoms with Crippen molar-refractivity contribution in [2.75, 3.05) is 19.7 Å². The second-order valence-electron chi connectivity index (χ2n) is 6.58. The van der Waals surface area contributed by atoms with E-state index in [1.807, 2.05) is 30.0 Å². The summed E-state index contributed by atoms with van der Waals surface area (Å²) in [5.41, 5.74) is 2.11. The molecular formula is C18H21ClN2O2. The maximum Gasteiger partial charge on any atom is 0.256 e. The lowest BCUT2D eigenvalue weighted by atomic mass is 9.90. The smallest absolute Gasteiger partial charge is 0.256 e. The summed E-state index contributed by atoms with van der Waals surface area (Å²) in [6.07, 6.45) is 0.952. The number of aryl methyl sites for hydroxylation is 1. The molecule has 1 amide bonds. The monoisotopic (exact) mass is 332 g/mol. The molecule has 2 aromatic rings. The lowest BCUT2D eigenvalue weighted by Gasteiger charge is -2.36. The van der Waals surface area contributed by atoms with E-state index < -0.39 is 0 Å². The molecule has 1 fully saturated rings. The van der Waals surface area contributed by atoms with E-state index in [0.29, 0.717) is 35.1 Å². The van der Waals surface area contributed by atoms with E-state index in [1.165, 1.54) is 0 Å². The number of aromatic nitrogens is 1. The van der Waals surface area contributed by atoms with Gasteiger partial charge in [-0.3, -0.25) is 9.78 Å². The molecule has 2 atom stereocenters. The van der Waals surface area contributed by atoms with E-state index in [1.54, 1.807) is 6.07 Å². The molecule has 0 spiro atoms. The van der Waals surface area contributed by atoms with Crippen LogP contribution >= 0.6 is 11.6 Å². The van der Waals surface area contributed by atoms with Crippen LogP contribution in [0.2, 0.25) is 5.02 Å². The topological polar surface area (TPSA) is 53.4 Å². The lowest BCUT2D eigenvalue weighted by molar-refractivity contribution is 0.0535. The molecule has 3 rings (SSSR count). The fraction of sp³-hybridized carbons (Fsp3) is 0.444. The van der Waals surface area contributed by atoms with Crippen LogP contribution in [-0.4, -0.2) is 40.6 Å². The Hall–Kier alpha value is -1.65. The van der Waals surface area contributed by atoms with Gasteiger partial charge in [0.25, 0.3) is 5.91 Å². The largest absolute Gasteiger partial charge is 0.396 e. The standard InChI is InChI=1S/C18H21ClN2O2/c1-11-5-13(10-22)9-21(8-11)18(23)16-7-15(19)6-14-4-3-12(2)20-17(14)16/h3-4,6-7,11,13,22H,5,8-10H2,1-2H3. The van der Waals surface area contributed by atoms with Gasteiger partial charge in [-0.05, 0) is 43.4 Å². The normalized spacial score (nSPS) is 21.7. The van der Waals surface area contributed by atoms with Crippen LogP contribution < -0.4 is 0 Å². The van der Waals surface area contributed by atoms with Crippen LogP contribution in [0.4, 0.5) is 0 Å². The first-order valence-electron chi connectivity index (χ1n) is 7.95. The molecule has 0 aliphatic carbocycles. The number of piperidine rings is 1. The molecule has 23 heavy (non-hydrogen) atoms. The first-order chi connectivity index (χ1) is 11.0. The van der Waals surface area contributed by atoms with Crippen molar-refractivity contribution >= 4 is 28.4 Å². The SMILES string of the molecule is Cc1ccc2cc(Cl)cc(C(=O)N3CC(C)CC(CO)C3)c2n1. The zero-order valence-electron chi connectivity index (χ0n) is 13.4. The maximum atomic E-state index is 13.0. The molecule has 0 radical (unpaired) electrons. The van der Waals surface area contributed by atoms with E-state index in [4.69, 9.17) is 11.6 Å². The average Bonchev–Trinajstić information content (AvgIpc) is 2.53. The number of hydrogen-bond donors (Lipinski definition) is 1. The van der Waals surface area contributed by atoms with Crippen LogP contribution in [0.1, 0.15) is 29.4 Å². The Morgan fingerprint density at radius 3 is 2.91 bits per heavy atom. The second-order valence-corrected chi connectivity index (χ2v) is 7.01. The zero-order chi connectivity index (χ0) is 16.6. The van der Waals surface area contributed by atoms with Crippen molar-refractivity contribution in [2.45, 2.75) is 20.3 Å². The highest BCUT2D eigenvalue weighted by Gasteiger charge is 2.29. The van der Waals surface area contributed by atoms with Crippen molar-refractivity contribution in [2.24, 2.45) is 11.8 Å². The van der Waals surface area contributed by atoms with E-state index in [0.717, 1.165) is 17.5 Å². The van der Waals surface area contributed by atoms with E-state index in [-0.39, 0.29) is 18.4 Å². The van der Waals surface area contributed by atoms with Gasteiger partial charge in [0, 0.05) is 35.8 Å². The third-order valence-electron chi connectivity index (χ3n) is 4.42. The predicted molar refractivity (Wildman–Crippen MR) is 91.8 cm³/mol. The first-order valence-corrected chi connectivity index (χ1v) is 8.32. The third kappa shape index (κ3) is 3.33. The Bertz CT molecular complexity index is 747. The number of aliphatic hydroxyl groups is 1. The summed E-state index contributed by atoms with van der Waals surface area (Å²) in [6.45, 7) is 5.42. The highest BCUT2D eigenvalue weighted by atomic mass is 35.5. The molecule has 2 heterocycles. The van der Waals surface area contributed by atoms with Crippen molar-refractivity contribution in [3.05, 3.63) is 40.5 Å². The number of carbonyl (C=O) groups is 1. The van der Waals surface area contributed by atoms with Crippen LogP contribution in [0.25, 0.3) is 10.9 Å². The van der Waals surface area contributed by atoms with Crippen molar-refractivity contribution in [1.82, 2.24) is 9.88 Å². The second kappa shape index (κ2) is 6.46. The summed E-state index contributed by atoms with van der Waals surface area (Å²) in [6, 6.07) is 7.38. The Balaban J connectivity index is 2.01. The minimum Gasteiger partial charge on any atom is -0.396 e. The van der Waals surface area contributed by atoms with Gasteiger partial charge in [0.1, 0.15) is 0 Å². The Morgan fingerprint density at radius 2 is 2.17 bits per heavy atom. The van der Waals surface area contributed by atoms with Gasteiger partial charge >= 0.3 is 0 Å². The first kappa shape index (κ1) is 16.2. The van der Waals surface area contributed by atoms with Crippen molar-refractivity contribution in [3.63, 3.8) is 0 Å². The fourth-order valence-electron chi connectivity index (χ4n) is 3.41. The fourth-order valence-corrected chi connectivity index (χ4v) is 3.63. The van der Waals surface area contributed by atoms with Crippen molar-refractivity contribution in [3.8, 4) is 0 Å². The van der Waals surface area contributed by atoms with Crippen LogP contribution in [0.3, 0.4) is 0 Å². The Kier molecular flexibility index (Phi) is 4.55. The minimum absolute atomic E-state index is 0.0550. The van der Waals surface area contributed by atoms with E-state index >= 15 is 0 Å². The van der Waals surface area contributed by atoms with E-state index in [2.05, 4.69) is 11.9 Å². The van der Waals surface area contributed by atoms with Gasteiger partial charge in [0.05, 0.1) is 11.1 Å². The number of amides is 1. The molecule has 1 aromatic heterocycles. The summed E-state index contributed by atoms with van der Waals surface area (Å²) in [5.74, 6) is 0.466. The minimum atomic E-state index is -0.0550. The summed E-state index contributed by atoms with van der Waals surface area (Å²) < 4.78 is 0. The molecule has 0 bridgehead atoms. The molecule has 5 heteroatoms. The summed E-state index contributed by atoms with van der Waals surface area (Å²) >= 11 is 6.19.